The van der Waals surface area contributed by atoms with Gasteiger partial charge in [0.05, 0.1) is 0 Å². The quantitative estimate of drug-likeness (QED) is 0.458. The summed E-state index contributed by atoms with van der Waals surface area (Å²) in [7, 11) is -1.05. The van der Waals surface area contributed by atoms with Crippen molar-refractivity contribution in [2.24, 2.45) is 0 Å². The van der Waals surface area contributed by atoms with E-state index < -0.39 is 19.3 Å². The van der Waals surface area contributed by atoms with E-state index in [1.165, 1.54) is 0 Å². The molecule has 0 saturated carbocycles. The van der Waals surface area contributed by atoms with Gasteiger partial charge < -0.3 is 9.68 Å². The minimum absolute atomic E-state index is 0.348. The number of nitrogens with zero attached hydrogens (tertiary/aromatic N) is 1. The van der Waals surface area contributed by atoms with Crippen molar-refractivity contribution in [2.45, 2.75) is 25.5 Å². The molecule has 84 valence electrons. The highest BCUT2D eigenvalue weighted by Crippen LogP contribution is 2.29. The molecule has 0 aromatic heterocycles. The summed E-state index contributed by atoms with van der Waals surface area (Å²) < 4.78 is 5.26. The molecule has 0 bridgehead atoms. The van der Waals surface area contributed by atoms with Gasteiger partial charge in [0.1, 0.15) is 6.10 Å². The molecule has 5 nitrogen and oxygen atoms in total. The second-order valence-electron chi connectivity index (χ2n) is 3.80. The van der Waals surface area contributed by atoms with Gasteiger partial charge in [-0.1, -0.05) is 31.2 Å². The van der Waals surface area contributed by atoms with Gasteiger partial charge in [-0.05, 0) is 11.0 Å². The summed E-state index contributed by atoms with van der Waals surface area (Å²) >= 11 is 0. The Labute approximate surface area is 93.3 Å². The van der Waals surface area contributed by atoms with Crippen LogP contribution in [-0.2, 0) is 4.65 Å². The van der Waals surface area contributed by atoms with E-state index in [0.29, 0.717) is 11.9 Å². The number of benzene rings is 1. The average molecular weight is 221 g/mol. The molecule has 0 saturated heterocycles. The Hall–Kier alpha value is -1.40. The molecular weight excluding hydrogens is 209 g/mol. The van der Waals surface area contributed by atoms with Gasteiger partial charge in [0.2, 0.25) is 6.04 Å². The lowest BCUT2D eigenvalue weighted by molar-refractivity contribution is -0.534. The van der Waals surface area contributed by atoms with Crippen molar-refractivity contribution in [1.82, 2.24) is 0 Å². The monoisotopic (exact) mass is 221 g/mol. The van der Waals surface area contributed by atoms with E-state index in [1.807, 2.05) is 0 Å². The molecule has 1 heterocycles. The maximum absolute atomic E-state index is 10.9. The van der Waals surface area contributed by atoms with Gasteiger partial charge in [-0.15, -0.1) is 0 Å². The predicted octanol–water partition coefficient (Wildman–Crippen LogP) is 0.501. The Kier molecular flexibility index (Phi) is 2.94. The summed E-state index contributed by atoms with van der Waals surface area (Å²) in [5.74, 6) is 0. The first-order chi connectivity index (χ1) is 7.65. The molecule has 0 fully saturated rings. The van der Waals surface area contributed by atoms with Crippen LogP contribution in [0.3, 0.4) is 0 Å². The molecule has 6 heteroatoms. The maximum Gasteiger partial charge on any atom is 0.492 e. The Bertz CT molecular complexity index is 412. The van der Waals surface area contributed by atoms with Gasteiger partial charge in [0.25, 0.3) is 0 Å². The highest BCUT2D eigenvalue weighted by Gasteiger charge is 2.43. The maximum atomic E-state index is 10.9. The van der Waals surface area contributed by atoms with Crippen LogP contribution < -0.4 is 5.46 Å². The number of fused-ring (bicyclic) bond motifs is 1. The van der Waals surface area contributed by atoms with Crippen LogP contribution in [-0.4, -0.2) is 23.1 Å². The van der Waals surface area contributed by atoms with Crippen LogP contribution in [0.25, 0.3) is 0 Å². The summed E-state index contributed by atoms with van der Waals surface area (Å²) in [6.45, 7) is 1.74. The lowest BCUT2D eigenvalue weighted by atomic mass is 9.79. The Morgan fingerprint density at radius 3 is 2.94 bits per heavy atom. The van der Waals surface area contributed by atoms with Gasteiger partial charge in [-0.2, -0.15) is 0 Å². The normalized spacial score (nSPS) is 20.6. The van der Waals surface area contributed by atoms with Gasteiger partial charge in [-0.25, -0.2) is 0 Å². The van der Waals surface area contributed by atoms with Crippen molar-refractivity contribution >= 4 is 12.6 Å². The van der Waals surface area contributed by atoms with Crippen LogP contribution in [0.15, 0.2) is 24.3 Å². The zero-order valence-corrected chi connectivity index (χ0v) is 8.87. The standard InChI is InChI=1S/C10H12BNO4/c1-2-9(12(14)15)10-7-5-3-4-6-8(7)11(13)16-10/h3-6,9-10,13H,2H2,1H3. The smallest absolute Gasteiger partial charge is 0.423 e. The molecule has 2 rings (SSSR count). The van der Waals surface area contributed by atoms with Crippen molar-refractivity contribution in [3.05, 3.63) is 39.9 Å². The lowest BCUT2D eigenvalue weighted by Crippen LogP contribution is -2.29. The molecule has 0 amide bonds. The molecule has 0 radical (unpaired) electrons. The van der Waals surface area contributed by atoms with E-state index >= 15 is 0 Å². The molecule has 0 spiro atoms. The van der Waals surface area contributed by atoms with Gasteiger partial charge >= 0.3 is 7.12 Å². The molecule has 1 aromatic carbocycles. The van der Waals surface area contributed by atoms with Crippen LogP contribution in [0.5, 0.6) is 0 Å². The van der Waals surface area contributed by atoms with Gasteiger partial charge in [0, 0.05) is 11.3 Å². The van der Waals surface area contributed by atoms with E-state index in [-0.39, 0.29) is 4.92 Å². The first-order valence-corrected chi connectivity index (χ1v) is 5.21. The Morgan fingerprint density at radius 1 is 1.62 bits per heavy atom. The van der Waals surface area contributed by atoms with E-state index in [4.69, 9.17) is 4.65 Å². The summed E-state index contributed by atoms with van der Waals surface area (Å²) in [5.41, 5.74) is 1.35. The highest BCUT2D eigenvalue weighted by atomic mass is 16.6. The fraction of sp³-hybridized carbons (Fsp3) is 0.400. The molecule has 1 aromatic rings. The number of hydrogen-bond donors (Lipinski definition) is 1. The summed E-state index contributed by atoms with van der Waals surface area (Å²) in [6, 6.07) is 6.26. The molecule has 1 aliphatic heterocycles. The second kappa shape index (κ2) is 4.23. The molecular formula is C10H12BNO4. The van der Waals surface area contributed by atoms with Crippen molar-refractivity contribution in [3.8, 4) is 0 Å². The molecule has 2 unspecified atom stereocenters. The molecule has 1 N–H and O–H groups in total. The fourth-order valence-electron chi connectivity index (χ4n) is 2.05. The first kappa shape index (κ1) is 11.1. The topological polar surface area (TPSA) is 72.6 Å². The van der Waals surface area contributed by atoms with E-state index in [9.17, 15) is 15.1 Å². The lowest BCUT2D eigenvalue weighted by Gasteiger charge is -2.15. The SMILES string of the molecule is CCC(C1OB(O)c2ccccc21)[N+](=O)[O-]. The second-order valence-corrected chi connectivity index (χ2v) is 3.80. The van der Waals surface area contributed by atoms with E-state index in [1.54, 1.807) is 31.2 Å². The summed E-state index contributed by atoms with van der Waals surface area (Å²) in [4.78, 5) is 10.5. The minimum Gasteiger partial charge on any atom is -0.423 e. The van der Waals surface area contributed by atoms with Crippen molar-refractivity contribution in [2.75, 3.05) is 0 Å². The molecule has 0 aliphatic carbocycles. The largest absolute Gasteiger partial charge is 0.492 e. The van der Waals surface area contributed by atoms with Crippen LogP contribution in [0.1, 0.15) is 25.0 Å². The molecule has 2 atom stereocenters. The summed E-state index contributed by atoms with van der Waals surface area (Å²) in [5, 5.41) is 20.5. The van der Waals surface area contributed by atoms with Crippen molar-refractivity contribution < 1.29 is 14.6 Å². The zero-order valence-electron chi connectivity index (χ0n) is 8.87. The summed E-state index contributed by atoms with van der Waals surface area (Å²) in [6.07, 6.45) is -0.273. The fourth-order valence-corrected chi connectivity index (χ4v) is 2.05. The third-order valence-electron chi connectivity index (χ3n) is 2.88. The van der Waals surface area contributed by atoms with Crippen molar-refractivity contribution in [1.29, 1.82) is 0 Å². The number of hydrogen-bond acceptors (Lipinski definition) is 4. The van der Waals surface area contributed by atoms with Crippen molar-refractivity contribution in [3.63, 3.8) is 0 Å². The third-order valence-corrected chi connectivity index (χ3v) is 2.88. The van der Waals surface area contributed by atoms with E-state index in [2.05, 4.69) is 0 Å². The third kappa shape index (κ3) is 1.70. The first-order valence-electron chi connectivity index (χ1n) is 5.21. The van der Waals surface area contributed by atoms with Crippen LogP contribution in [0, 0.1) is 10.1 Å². The van der Waals surface area contributed by atoms with Crippen LogP contribution in [0.2, 0.25) is 0 Å². The number of rotatable bonds is 3. The Balaban J connectivity index is 2.36. The highest BCUT2D eigenvalue weighted by molar-refractivity contribution is 6.61. The predicted molar refractivity (Wildman–Crippen MR) is 58.9 cm³/mol. The van der Waals surface area contributed by atoms with Gasteiger partial charge in [0.15, 0.2) is 0 Å². The zero-order chi connectivity index (χ0) is 11.7. The molecule has 1 aliphatic rings. The number of nitro groups is 1. The average Bonchev–Trinajstić information content (AvgIpc) is 2.58. The van der Waals surface area contributed by atoms with Gasteiger partial charge in [-0.3, -0.25) is 10.1 Å². The van der Waals surface area contributed by atoms with E-state index in [0.717, 1.165) is 5.56 Å². The molecule has 16 heavy (non-hydrogen) atoms. The van der Waals surface area contributed by atoms with Crippen LogP contribution >= 0.6 is 0 Å². The Morgan fingerprint density at radius 2 is 2.31 bits per heavy atom. The van der Waals surface area contributed by atoms with Crippen LogP contribution in [0.4, 0.5) is 0 Å². The minimum atomic E-state index is -1.05.